The Balaban J connectivity index is 2.64. The topological polar surface area (TPSA) is 54.0 Å². The Kier molecular flexibility index (Phi) is 7.04. The molecule has 0 fully saturated rings. The van der Waals surface area contributed by atoms with E-state index in [1.54, 1.807) is 7.11 Å². The minimum Gasteiger partial charge on any atom is -0.359 e. The van der Waals surface area contributed by atoms with Gasteiger partial charge in [-0.05, 0) is 25.3 Å². The molecule has 0 aromatic rings. The van der Waals surface area contributed by atoms with Gasteiger partial charge in [0.25, 0.3) is 0 Å². The molecular weight excluding hydrogens is 224 g/mol. The van der Waals surface area contributed by atoms with Crippen molar-refractivity contribution in [1.29, 1.82) is 0 Å². The summed E-state index contributed by atoms with van der Waals surface area (Å²) >= 11 is 0. The maximum absolute atomic E-state index is 11.8. The normalized spacial score (nSPS) is 27.5. The zero-order chi connectivity index (χ0) is 12.5. The average Bonchev–Trinajstić information content (AvgIpc) is 2.32. The highest BCUT2D eigenvalue weighted by Gasteiger charge is 2.29. The summed E-state index contributed by atoms with van der Waals surface area (Å²) in [6.07, 6.45) is 5.83. The third-order valence-corrected chi connectivity index (χ3v) is 2.37. The molecule has 1 rings (SSSR count). The van der Waals surface area contributed by atoms with Crippen molar-refractivity contribution in [3.63, 3.8) is 0 Å². The molecule has 0 N–H and O–H groups in total. The number of methoxy groups -OCH3 is 2. The Bertz CT molecular complexity index is 251. The van der Waals surface area contributed by atoms with E-state index < -0.39 is 6.10 Å². The predicted molar refractivity (Wildman–Crippen MR) is 61.2 cm³/mol. The molecule has 1 radical (unpaired) electrons. The van der Waals surface area contributed by atoms with Gasteiger partial charge in [0.1, 0.15) is 19.7 Å². The van der Waals surface area contributed by atoms with Crippen LogP contribution in [0.1, 0.15) is 12.8 Å². The Labute approximate surface area is 102 Å². The molecule has 1 aliphatic carbocycles. The first-order chi connectivity index (χ1) is 8.29. The van der Waals surface area contributed by atoms with E-state index in [2.05, 4.69) is 0 Å². The molecule has 0 saturated carbocycles. The summed E-state index contributed by atoms with van der Waals surface area (Å²) < 4.78 is 20.5. The van der Waals surface area contributed by atoms with E-state index in [0.717, 1.165) is 6.42 Å². The van der Waals surface area contributed by atoms with Gasteiger partial charge in [-0.3, -0.25) is 4.79 Å². The second-order valence-electron chi connectivity index (χ2n) is 3.67. The zero-order valence-electron chi connectivity index (χ0n) is 10.3. The van der Waals surface area contributed by atoms with Crippen LogP contribution in [0.4, 0.5) is 0 Å². The van der Waals surface area contributed by atoms with Gasteiger partial charge in [0.05, 0.1) is 6.10 Å². The summed E-state index contributed by atoms with van der Waals surface area (Å²) in [5.41, 5.74) is 0. The lowest BCUT2D eigenvalue weighted by Gasteiger charge is -2.26. The smallest absolute Gasteiger partial charge is 0.186 e. The van der Waals surface area contributed by atoms with Crippen molar-refractivity contribution in [2.45, 2.75) is 25.0 Å². The quantitative estimate of drug-likeness (QED) is 0.654. The van der Waals surface area contributed by atoms with E-state index in [1.807, 2.05) is 12.5 Å². The molecule has 17 heavy (non-hydrogen) atoms. The van der Waals surface area contributed by atoms with Gasteiger partial charge >= 0.3 is 0 Å². The first kappa shape index (κ1) is 14.3. The molecule has 2 unspecified atom stereocenters. The fourth-order valence-electron chi connectivity index (χ4n) is 1.58. The van der Waals surface area contributed by atoms with Gasteiger partial charge in [0.2, 0.25) is 0 Å². The molecule has 0 spiro atoms. The Morgan fingerprint density at radius 1 is 1.24 bits per heavy atom. The van der Waals surface area contributed by atoms with Crippen molar-refractivity contribution < 1.29 is 23.7 Å². The Morgan fingerprint density at radius 2 is 1.94 bits per heavy atom. The monoisotopic (exact) mass is 243 g/mol. The van der Waals surface area contributed by atoms with Crippen LogP contribution in [0.2, 0.25) is 0 Å². The molecule has 5 heteroatoms. The van der Waals surface area contributed by atoms with Crippen LogP contribution in [0.3, 0.4) is 0 Å². The Hall–Kier alpha value is -0.750. The van der Waals surface area contributed by atoms with Crippen LogP contribution < -0.4 is 0 Å². The van der Waals surface area contributed by atoms with Crippen molar-refractivity contribution in [1.82, 2.24) is 0 Å². The van der Waals surface area contributed by atoms with Crippen LogP contribution in [0.5, 0.6) is 0 Å². The molecule has 0 heterocycles. The standard InChI is InChI=1S/C12H19O5/c1-14-8-16-11-7-5-3-4-6-10(13)12(11)17-9-15-2/h4-6,11-12H,3,7-9H2,1-2H3/b6-4-. The fourth-order valence-corrected chi connectivity index (χ4v) is 1.58. The number of rotatable bonds is 6. The second kappa shape index (κ2) is 8.36. The molecule has 2 atom stereocenters. The second-order valence-corrected chi connectivity index (χ2v) is 3.67. The maximum atomic E-state index is 11.8. The number of hydrogen-bond donors (Lipinski definition) is 0. The van der Waals surface area contributed by atoms with Crippen molar-refractivity contribution in [2.75, 3.05) is 27.8 Å². The highest BCUT2D eigenvalue weighted by atomic mass is 16.7. The number of ketones is 1. The van der Waals surface area contributed by atoms with E-state index in [0.29, 0.717) is 6.42 Å². The van der Waals surface area contributed by atoms with E-state index in [1.165, 1.54) is 13.2 Å². The van der Waals surface area contributed by atoms with Crippen molar-refractivity contribution in [3.05, 3.63) is 18.6 Å². The molecule has 0 aromatic heterocycles. The lowest BCUT2D eigenvalue weighted by molar-refractivity contribution is -0.167. The summed E-state index contributed by atoms with van der Waals surface area (Å²) in [4.78, 5) is 11.8. The molecule has 0 bridgehead atoms. The molecule has 5 nitrogen and oxygen atoms in total. The average molecular weight is 243 g/mol. The van der Waals surface area contributed by atoms with Gasteiger partial charge in [-0.25, -0.2) is 0 Å². The molecule has 0 aromatic carbocycles. The minimum atomic E-state index is -0.641. The van der Waals surface area contributed by atoms with Crippen molar-refractivity contribution in [2.24, 2.45) is 0 Å². The first-order valence-corrected chi connectivity index (χ1v) is 5.52. The highest BCUT2D eigenvalue weighted by Crippen LogP contribution is 2.16. The van der Waals surface area contributed by atoms with E-state index >= 15 is 0 Å². The number of allylic oxidation sites excluding steroid dienone is 1. The van der Waals surface area contributed by atoms with Crippen LogP contribution in [-0.4, -0.2) is 45.8 Å². The van der Waals surface area contributed by atoms with Crippen molar-refractivity contribution >= 4 is 5.78 Å². The number of carbonyl (C=O) groups is 1. The van der Waals surface area contributed by atoms with Gasteiger partial charge < -0.3 is 18.9 Å². The molecule has 0 aliphatic heterocycles. The van der Waals surface area contributed by atoms with Gasteiger partial charge in [-0.2, -0.15) is 0 Å². The van der Waals surface area contributed by atoms with Crippen LogP contribution in [0.15, 0.2) is 12.2 Å². The highest BCUT2D eigenvalue weighted by molar-refractivity contribution is 5.94. The largest absolute Gasteiger partial charge is 0.359 e. The summed E-state index contributed by atoms with van der Waals surface area (Å²) in [6.45, 7) is 0.208. The summed E-state index contributed by atoms with van der Waals surface area (Å²) in [6, 6.07) is 0. The number of ether oxygens (including phenoxy) is 4. The van der Waals surface area contributed by atoms with E-state index in [-0.39, 0.29) is 25.5 Å². The lowest BCUT2D eigenvalue weighted by atomic mass is 9.99. The third kappa shape index (κ3) is 4.95. The Morgan fingerprint density at radius 3 is 2.65 bits per heavy atom. The molecule has 97 valence electrons. The molecule has 0 amide bonds. The number of hydrogen-bond acceptors (Lipinski definition) is 5. The zero-order valence-corrected chi connectivity index (χ0v) is 10.3. The SMILES string of the molecule is COCOC1C[CH]C/C=C\C(=O)C1OCOC. The summed E-state index contributed by atoms with van der Waals surface area (Å²) in [7, 11) is 3.06. The van der Waals surface area contributed by atoms with Crippen LogP contribution in [0.25, 0.3) is 0 Å². The number of carbonyl (C=O) groups excluding carboxylic acids is 1. The third-order valence-electron chi connectivity index (χ3n) is 2.37. The fraction of sp³-hybridized carbons (Fsp3) is 0.667. The van der Waals surface area contributed by atoms with Crippen molar-refractivity contribution in [3.8, 4) is 0 Å². The van der Waals surface area contributed by atoms with E-state index in [9.17, 15) is 4.79 Å². The van der Waals surface area contributed by atoms with Crippen LogP contribution in [0, 0.1) is 6.42 Å². The van der Waals surface area contributed by atoms with Gasteiger partial charge in [-0.15, -0.1) is 0 Å². The predicted octanol–water partition coefficient (Wildman–Crippen LogP) is 1.09. The molecule has 1 aliphatic rings. The summed E-state index contributed by atoms with van der Waals surface area (Å²) in [5.74, 6) is -0.101. The minimum absolute atomic E-state index is 0.0666. The molecular formula is C12H19O5. The van der Waals surface area contributed by atoms with Gasteiger partial charge in [-0.1, -0.05) is 6.08 Å². The lowest BCUT2D eigenvalue weighted by Crippen LogP contribution is -2.39. The van der Waals surface area contributed by atoms with Crippen LogP contribution >= 0.6 is 0 Å². The summed E-state index contributed by atoms with van der Waals surface area (Å²) in [5, 5.41) is 0. The van der Waals surface area contributed by atoms with Gasteiger partial charge in [0, 0.05) is 14.2 Å². The van der Waals surface area contributed by atoms with Gasteiger partial charge in [0.15, 0.2) is 5.78 Å². The maximum Gasteiger partial charge on any atom is 0.186 e. The first-order valence-electron chi connectivity index (χ1n) is 5.52. The van der Waals surface area contributed by atoms with Crippen LogP contribution in [-0.2, 0) is 23.7 Å². The van der Waals surface area contributed by atoms with E-state index in [4.69, 9.17) is 18.9 Å². The molecule has 0 saturated heterocycles.